The third-order valence-corrected chi connectivity index (χ3v) is 4.75. The monoisotopic (exact) mass is 278 g/mol. The third-order valence-electron chi connectivity index (χ3n) is 4.75. The van der Waals surface area contributed by atoms with Crippen LogP contribution in [0.3, 0.4) is 0 Å². The molecule has 1 unspecified atom stereocenters. The Labute approximate surface area is 126 Å². The van der Waals surface area contributed by atoms with Crippen LogP contribution >= 0.6 is 0 Å². The molecule has 0 aliphatic carbocycles. The minimum Gasteiger partial charge on any atom is -0.367 e. The summed E-state index contributed by atoms with van der Waals surface area (Å²) in [5, 5.41) is 2.43. The fourth-order valence-electron chi connectivity index (χ4n) is 3.24. The van der Waals surface area contributed by atoms with E-state index < -0.39 is 0 Å². The molecule has 0 N–H and O–H groups in total. The number of aryl methyl sites for hydroxylation is 2. The summed E-state index contributed by atoms with van der Waals surface area (Å²) >= 11 is 0. The molecule has 0 saturated heterocycles. The molecule has 0 spiro atoms. The van der Waals surface area contributed by atoms with Gasteiger partial charge < -0.3 is 4.90 Å². The van der Waals surface area contributed by atoms with E-state index in [0.29, 0.717) is 0 Å². The molecule has 3 rings (SSSR count). The van der Waals surface area contributed by atoms with Gasteiger partial charge in [0.2, 0.25) is 0 Å². The highest BCUT2D eigenvalue weighted by atomic mass is 15.2. The van der Waals surface area contributed by atoms with Gasteiger partial charge in [0, 0.05) is 36.1 Å². The van der Waals surface area contributed by atoms with Gasteiger partial charge in [-0.05, 0) is 56.5 Å². The molecular formula is C19H22N2. The van der Waals surface area contributed by atoms with Crippen LogP contribution in [-0.4, -0.2) is 16.9 Å². The Balaban J connectivity index is 2.30. The summed E-state index contributed by atoms with van der Waals surface area (Å²) in [5.74, 6) is 0. The summed E-state index contributed by atoms with van der Waals surface area (Å²) in [6, 6.07) is 6.63. The second-order valence-electron chi connectivity index (χ2n) is 6.29. The van der Waals surface area contributed by atoms with Crippen LogP contribution in [-0.2, 0) is 5.54 Å². The van der Waals surface area contributed by atoms with Crippen molar-refractivity contribution in [2.45, 2.75) is 33.2 Å². The number of pyridine rings is 1. The number of aromatic nitrogens is 1. The Hall–Kier alpha value is -2.09. The molecule has 0 fully saturated rings. The van der Waals surface area contributed by atoms with Crippen molar-refractivity contribution in [1.82, 2.24) is 9.88 Å². The number of fused-ring (bicyclic) bond motifs is 1. The Bertz CT molecular complexity index is 820. The lowest BCUT2D eigenvalue weighted by atomic mass is 9.82. The first-order chi connectivity index (χ1) is 9.91. The van der Waals surface area contributed by atoms with Gasteiger partial charge in [-0.2, -0.15) is 0 Å². The van der Waals surface area contributed by atoms with Gasteiger partial charge in [0.05, 0.1) is 5.54 Å². The number of hydrogen-bond donors (Lipinski definition) is 0. The van der Waals surface area contributed by atoms with Gasteiger partial charge in [-0.3, -0.25) is 4.98 Å². The predicted octanol–water partition coefficient (Wildman–Crippen LogP) is 2.39. The fourth-order valence-corrected chi connectivity index (χ4v) is 3.24. The zero-order valence-corrected chi connectivity index (χ0v) is 13.4. The molecule has 0 bridgehead atoms. The number of rotatable bonds is 1. The highest BCUT2D eigenvalue weighted by Gasteiger charge is 2.31. The third kappa shape index (κ3) is 2.15. The molecule has 1 atom stereocenters. The van der Waals surface area contributed by atoms with Crippen molar-refractivity contribution in [1.29, 1.82) is 0 Å². The summed E-state index contributed by atoms with van der Waals surface area (Å²) in [4.78, 5) is 6.57. The van der Waals surface area contributed by atoms with Gasteiger partial charge in [0.15, 0.2) is 0 Å². The maximum atomic E-state index is 4.27. The Morgan fingerprint density at radius 2 is 1.86 bits per heavy atom. The summed E-state index contributed by atoms with van der Waals surface area (Å²) in [6.07, 6.45) is 8.35. The van der Waals surface area contributed by atoms with Gasteiger partial charge in [-0.1, -0.05) is 17.7 Å². The van der Waals surface area contributed by atoms with Crippen LogP contribution in [0, 0.1) is 20.8 Å². The molecule has 2 aromatic rings. The molecule has 1 aliphatic rings. The lowest BCUT2D eigenvalue weighted by molar-refractivity contribution is 0.309. The van der Waals surface area contributed by atoms with Crippen molar-refractivity contribution < 1.29 is 0 Å². The van der Waals surface area contributed by atoms with Gasteiger partial charge in [0.1, 0.15) is 0 Å². The van der Waals surface area contributed by atoms with E-state index in [1.807, 2.05) is 12.4 Å². The zero-order chi connectivity index (χ0) is 15.2. The second kappa shape index (κ2) is 4.73. The van der Waals surface area contributed by atoms with E-state index >= 15 is 0 Å². The normalized spacial score (nSPS) is 20.5. The van der Waals surface area contributed by atoms with Crippen LogP contribution in [0.5, 0.6) is 0 Å². The Kier molecular flexibility index (Phi) is 3.12. The summed E-state index contributed by atoms with van der Waals surface area (Å²) in [5.41, 5.74) is 5.26. The van der Waals surface area contributed by atoms with Crippen LogP contribution in [0.15, 0.2) is 30.6 Å². The van der Waals surface area contributed by atoms with Crippen LogP contribution < -0.4 is 10.4 Å². The van der Waals surface area contributed by atoms with Gasteiger partial charge in [0.25, 0.3) is 0 Å². The number of benzene rings is 1. The molecule has 2 heterocycles. The van der Waals surface area contributed by atoms with Crippen molar-refractivity contribution in [3.8, 4) is 0 Å². The molecule has 1 aromatic heterocycles. The lowest BCUT2D eigenvalue weighted by Crippen LogP contribution is -2.46. The topological polar surface area (TPSA) is 16.1 Å². The standard InChI is InChI=1S/C19H22N2/c1-13-8-14(2)15(3)18(9-13)19(4)10-17-11-20-7-6-16(17)12-21(19)5/h6-12H,1-5H3. The molecule has 2 nitrogen and oxygen atoms in total. The average Bonchev–Trinajstić information content (AvgIpc) is 2.44. The SMILES string of the molecule is Cc1cc(C)c(C)c(C2(C)C=c3cnccc3=CN2C)c1. The molecule has 21 heavy (non-hydrogen) atoms. The van der Waals surface area contributed by atoms with E-state index in [2.05, 4.69) is 75.1 Å². The van der Waals surface area contributed by atoms with E-state index in [0.717, 1.165) is 0 Å². The Morgan fingerprint density at radius 1 is 1.10 bits per heavy atom. The molecule has 0 saturated carbocycles. The van der Waals surface area contributed by atoms with Crippen LogP contribution in [0.4, 0.5) is 0 Å². The van der Waals surface area contributed by atoms with E-state index in [-0.39, 0.29) is 5.54 Å². The minimum atomic E-state index is -0.142. The fraction of sp³-hybridized carbons (Fsp3) is 0.316. The van der Waals surface area contributed by atoms with Crippen LogP contribution in [0.1, 0.15) is 29.2 Å². The predicted molar refractivity (Wildman–Crippen MR) is 88.2 cm³/mol. The van der Waals surface area contributed by atoms with Crippen molar-refractivity contribution in [3.63, 3.8) is 0 Å². The van der Waals surface area contributed by atoms with Gasteiger partial charge in [-0.15, -0.1) is 0 Å². The summed E-state index contributed by atoms with van der Waals surface area (Å²) in [7, 11) is 2.15. The first-order valence-electron chi connectivity index (χ1n) is 7.38. The summed E-state index contributed by atoms with van der Waals surface area (Å²) < 4.78 is 0. The van der Waals surface area contributed by atoms with Crippen molar-refractivity contribution in [2.24, 2.45) is 0 Å². The number of nitrogens with zero attached hydrogens (tertiary/aromatic N) is 2. The molecular weight excluding hydrogens is 256 g/mol. The quantitative estimate of drug-likeness (QED) is 0.796. The maximum absolute atomic E-state index is 4.27. The molecule has 1 aliphatic heterocycles. The smallest absolute Gasteiger partial charge is 0.0812 e. The molecule has 0 amide bonds. The van der Waals surface area contributed by atoms with Gasteiger partial charge >= 0.3 is 0 Å². The number of hydrogen-bond acceptors (Lipinski definition) is 2. The second-order valence-corrected chi connectivity index (χ2v) is 6.29. The highest BCUT2D eigenvalue weighted by Crippen LogP contribution is 2.34. The molecule has 2 heteroatoms. The molecule has 1 aromatic carbocycles. The van der Waals surface area contributed by atoms with Crippen molar-refractivity contribution in [2.75, 3.05) is 7.05 Å². The first-order valence-corrected chi connectivity index (χ1v) is 7.38. The maximum Gasteiger partial charge on any atom is 0.0812 e. The van der Waals surface area contributed by atoms with Crippen LogP contribution in [0.2, 0.25) is 0 Å². The average molecular weight is 278 g/mol. The minimum absolute atomic E-state index is 0.142. The van der Waals surface area contributed by atoms with E-state index in [4.69, 9.17) is 0 Å². The summed E-state index contributed by atoms with van der Waals surface area (Å²) in [6.45, 7) is 8.86. The van der Waals surface area contributed by atoms with Crippen molar-refractivity contribution in [3.05, 3.63) is 63.3 Å². The highest BCUT2D eigenvalue weighted by molar-refractivity contribution is 5.55. The van der Waals surface area contributed by atoms with E-state index in [9.17, 15) is 0 Å². The van der Waals surface area contributed by atoms with Gasteiger partial charge in [-0.25, -0.2) is 0 Å². The van der Waals surface area contributed by atoms with E-state index in [1.165, 1.54) is 32.7 Å². The first kappa shape index (κ1) is 13.9. The molecule has 108 valence electrons. The lowest BCUT2D eigenvalue weighted by Gasteiger charge is -2.39. The van der Waals surface area contributed by atoms with Crippen molar-refractivity contribution >= 4 is 12.3 Å². The Morgan fingerprint density at radius 3 is 2.62 bits per heavy atom. The molecule has 0 radical (unpaired) electrons. The van der Waals surface area contributed by atoms with Crippen LogP contribution in [0.25, 0.3) is 12.3 Å². The zero-order valence-electron chi connectivity index (χ0n) is 13.4. The van der Waals surface area contributed by atoms with E-state index in [1.54, 1.807) is 0 Å². The largest absolute Gasteiger partial charge is 0.367 e.